The van der Waals surface area contributed by atoms with Crippen LogP contribution in [0, 0.1) is 0 Å². The van der Waals surface area contributed by atoms with Crippen LogP contribution in [0.3, 0.4) is 0 Å². The van der Waals surface area contributed by atoms with E-state index >= 15 is 0 Å². The van der Waals surface area contributed by atoms with E-state index in [4.69, 9.17) is 0 Å². The van der Waals surface area contributed by atoms with Gasteiger partial charge in [-0.1, -0.05) is 155 Å². The molecule has 0 aromatic heterocycles. The normalized spacial score (nSPS) is 10.8. The zero-order valence-electron chi connectivity index (χ0n) is 21.0. The van der Waals surface area contributed by atoms with Crippen molar-refractivity contribution in [3.63, 3.8) is 0 Å². The van der Waals surface area contributed by atoms with Crippen molar-refractivity contribution in [1.82, 2.24) is 0 Å². The Morgan fingerprint density at radius 1 is 0.433 bits per heavy atom. The second-order valence-corrected chi connectivity index (χ2v) is 9.25. The molecule has 0 aromatic rings. The summed E-state index contributed by atoms with van der Waals surface area (Å²) in [6, 6.07) is 0. The maximum atomic E-state index is 10.3. The van der Waals surface area contributed by atoms with Crippen molar-refractivity contribution in [3.05, 3.63) is 0 Å². The molecule has 0 radical (unpaired) electrons. The summed E-state index contributed by atoms with van der Waals surface area (Å²) in [6.07, 6.45) is 33.2. The maximum absolute atomic E-state index is 10.3. The standard InChI is InChI=1S/C27H54O2.Na/c1-2-3-4-5-6-7-8-9-10-11-12-13-14-15-16-17-18-19-20-21-22-23-24-25-26-27(28)29;/h2-26H2,1H3,(H,28,29);/q;+1/p-1. The van der Waals surface area contributed by atoms with Crippen molar-refractivity contribution in [2.75, 3.05) is 0 Å². The summed E-state index contributed by atoms with van der Waals surface area (Å²) in [7, 11) is 0. The Bertz CT molecular complexity index is 320. The van der Waals surface area contributed by atoms with Crippen molar-refractivity contribution in [2.45, 2.75) is 167 Å². The first-order chi connectivity index (χ1) is 14.3. The molecule has 30 heavy (non-hydrogen) atoms. The fourth-order valence-corrected chi connectivity index (χ4v) is 4.23. The topological polar surface area (TPSA) is 40.1 Å². The van der Waals surface area contributed by atoms with Gasteiger partial charge in [0.15, 0.2) is 0 Å². The van der Waals surface area contributed by atoms with Crippen molar-refractivity contribution < 1.29 is 39.5 Å². The molecular formula is C27H53NaO2. The molecule has 0 rings (SSSR count). The van der Waals surface area contributed by atoms with Crippen molar-refractivity contribution >= 4 is 5.97 Å². The van der Waals surface area contributed by atoms with E-state index in [1.54, 1.807) is 0 Å². The van der Waals surface area contributed by atoms with Crippen molar-refractivity contribution in [1.29, 1.82) is 0 Å². The second-order valence-electron chi connectivity index (χ2n) is 9.25. The van der Waals surface area contributed by atoms with Gasteiger partial charge in [-0.25, -0.2) is 0 Å². The Kier molecular flexibility index (Phi) is 32.1. The summed E-state index contributed by atoms with van der Waals surface area (Å²) >= 11 is 0. The van der Waals surface area contributed by atoms with Gasteiger partial charge >= 0.3 is 29.6 Å². The van der Waals surface area contributed by atoms with Crippen LogP contribution < -0.4 is 34.7 Å². The summed E-state index contributed by atoms with van der Waals surface area (Å²) in [5.74, 6) is -0.899. The Morgan fingerprint density at radius 2 is 0.633 bits per heavy atom. The summed E-state index contributed by atoms with van der Waals surface area (Å²) in [6.45, 7) is 2.29. The number of rotatable bonds is 25. The van der Waals surface area contributed by atoms with Gasteiger partial charge < -0.3 is 9.90 Å². The molecular weight excluding hydrogens is 379 g/mol. The van der Waals surface area contributed by atoms with Gasteiger partial charge in [0.25, 0.3) is 0 Å². The molecule has 3 heteroatoms. The predicted octanol–water partition coefficient (Wildman–Crippen LogP) is 5.51. The van der Waals surface area contributed by atoms with E-state index in [1.807, 2.05) is 0 Å². The zero-order valence-corrected chi connectivity index (χ0v) is 23.0. The molecule has 0 unspecified atom stereocenters. The molecule has 0 aliphatic heterocycles. The molecule has 0 fully saturated rings. The van der Waals surface area contributed by atoms with Crippen LogP contribution in [0.2, 0.25) is 0 Å². The fourth-order valence-electron chi connectivity index (χ4n) is 4.23. The minimum atomic E-state index is -0.899. The third-order valence-corrected chi connectivity index (χ3v) is 6.23. The van der Waals surface area contributed by atoms with Crippen LogP contribution in [0.5, 0.6) is 0 Å². The Morgan fingerprint density at radius 3 is 0.833 bits per heavy atom. The van der Waals surface area contributed by atoms with Gasteiger partial charge in [0.2, 0.25) is 0 Å². The predicted molar refractivity (Wildman–Crippen MR) is 126 cm³/mol. The van der Waals surface area contributed by atoms with Gasteiger partial charge in [-0.05, 0) is 12.8 Å². The minimum absolute atomic E-state index is 0. The molecule has 0 aliphatic carbocycles. The fraction of sp³-hybridized carbons (Fsp3) is 0.963. The SMILES string of the molecule is CCCCCCCCCCCCCCCCCCCCCCCCCCC(=O)[O-].[Na+]. The van der Waals surface area contributed by atoms with E-state index < -0.39 is 5.97 Å². The van der Waals surface area contributed by atoms with Gasteiger partial charge in [0.05, 0.1) is 0 Å². The molecule has 0 aliphatic rings. The zero-order chi connectivity index (χ0) is 21.3. The average molecular weight is 433 g/mol. The molecule has 0 saturated heterocycles. The number of unbranched alkanes of at least 4 members (excludes halogenated alkanes) is 23. The first-order valence-corrected chi connectivity index (χ1v) is 13.5. The summed E-state index contributed by atoms with van der Waals surface area (Å²) in [5.41, 5.74) is 0. The van der Waals surface area contributed by atoms with Gasteiger partial charge in [-0.15, -0.1) is 0 Å². The van der Waals surface area contributed by atoms with Crippen LogP contribution >= 0.6 is 0 Å². The summed E-state index contributed by atoms with van der Waals surface area (Å²) < 4.78 is 0. The third-order valence-electron chi connectivity index (χ3n) is 6.23. The quantitative estimate of drug-likeness (QED) is 0.141. The molecule has 0 N–H and O–H groups in total. The van der Waals surface area contributed by atoms with E-state index in [0.717, 1.165) is 12.8 Å². The van der Waals surface area contributed by atoms with Crippen LogP contribution in [0.4, 0.5) is 0 Å². The van der Waals surface area contributed by atoms with E-state index in [9.17, 15) is 9.90 Å². The Balaban J connectivity index is 0. The van der Waals surface area contributed by atoms with E-state index in [1.165, 1.54) is 141 Å². The molecule has 0 bridgehead atoms. The van der Waals surface area contributed by atoms with Crippen LogP contribution in [0.1, 0.15) is 167 Å². The van der Waals surface area contributed by atoms with Crippen molar-refractivity contribution in [2.24, 2.45) is 0 Å². The number of carboxylic acids is 1. The molecule has 0 saturated carbocycles. The van der Waals surface area contributed by atoms with Crippen LogP contribution in [0.15, 0.2) is 0 Å². The van der Waals surface area contributed by atoms with E-state index in [2.05, 4.69) is 6.92 Å². The average Bonchev–Trinajstić information content (AvgIpc) is 2.71. The monoisotopic (exact) mass is 432 g/mol. The minimum Gasteiger partial charge on any atom is -0.550 e. The van der Waals surface area contributed by atoms with Crippen molar-refractivity contribution in [3.8, 4) is 0 Å². The first-order valence-electron chi connectivity index (χ1n) is 13.5. The van der Waals surface area contributed by atoms with E-state index in [-0.39, 0.29) is 36.0 Å². The largest absolute Gasteiger partial charge is 1.00 e. The summed E-state index contributed by atoms with van der Waals surface area (Å²) in [4.78, 5) is 10.3. The first kappa shape index (κ1) is 32.6. The van der Waals surface area contributed by atoms with Crippen LogP contribution in [-0.2, 0) is 4.79 Å². The van der Waals surface area contributed by atoms with Gasteiger partial charge in [-0.3, -0.25) is 0 Å². The van der Waals surface area contributed by atoms with Gasteiger partial charge in [0, 0.05) is 5.97 Å². The van der Waals surface area contributed by atoms with Gasteiger partial charge in [0.1, 0.15) is 0 Å². The molecule has 0 spiro atoms. The molecule has 174 valence electrons. The number of carboxylic acid groups (broad SMARTS) is 1. The summed E-state index contributed by atoms with van der Waals surface area (Å²) in [5, 5.41) is 10.3. The molecule has 0 heterocycles. The maximum Gasteiger partial charge on any atom is 1.00 e. The third kappa shape index (κ3) is 30.7. The Hall–Kier alpha value is 0.470. The number of aliphatic carboxylic acids is 1. The van der Waals surface area contributed by atoms with Crippen LogP contribution in [-0.4, -0.2) is 5.97 Å². The van der Waals surface area contributed by atoms with Crippen LogP contribution in [0.25, 0.3) is 0 Å². The number of hydrogen-bond acceptors (Lipinski definition) is 2. The molecule has 0 atom stereocenters. The number of carbonyl (C=O) groups excluding carboxylic acids is 1. The van der Waals surface area contributed by atoms with E-state index in [0.29, 0.717) is 0 Å². The smallest absolute Gasteiger partial charge is 0.550 e. The molecule has 0 amide bonds. The number of carbonyl (C=O) groups is 1. The molecule has 0 aromatic carbocycles. The Labute approximate surface area is 212 Å². The molecule has 2 nitrogen and oxygen atoms in total. The second kappa shape index (κ2) is 29.5. The van der Waals surface area contributed by atoms with Gasteiger partial charge in [-0.2, -0.15) is 0 Å². The number of hydrogen-bond donors (Lipinski definition) is 0.